The van der Waals surface area contributed by atoms with E-state index in [0.717, 1.165) is 22.3 Å². The number of nitrogens with one attached hydrogen (secondary N) is 1. The Balaban J connectivity index is 1.29. The molecule has 1 saturated heterocycles. The van der Waals surface area contributed by atoms with Crippen LogP contribution in [0.25, 0.3) is 11.3 Å². The standard InChI is InChI=1S/C21H23F3N6OS/c22-21(23,24)15-5-20(32-11-15)30-4-3-18(16(25)10-30)29-9-19(31)13-1-2-17(28-8-13)14-6-26-12-27-7-14/h1-2,5-8,11-12,16,18-19,29,31H,3-4,9-10,25H2. The van der Waals surface area contributed by atoms with Crippen molar-refractivity contribution in [3.63, 3.8) is 0 Å². The fourth-order valence-corrected chi connectivity index (χ4v) is 4.62. The van der Waals surface area contributed by atoms with Gasteiger partial charge < -0.3 is 21.1 Å². The van der Waals surface area contributed by atoms with Crippen molar-refractivity contribution in [2.75, 3.05) is 24.5 Å². The maximum atomic E-state index is 12.9. The zero-order chi connectivity index (χ0) is 22.7. The molecule has 3 aromatic rings. The number of alkyl halides is 3. The van der Waals surface area contributed by atoms with Crippen LogP contribution < -0.4 is 16.0 Å². The Bertz CT molecular complexity index is 1010. The van der Waals surface area contributed by atoms with E-state index in [4.69, 9.17) is 5.73 Å². The molecule has 0 amide bonds. The van der Waals surface area contributed by atoms with Crippen LogP contribution in [0.2, 0.25) is 0 Å². The van der Waals surface area contributed by atoms with Gasteiger partial charge in [-0.3, -0.25) is 4.98 Å². The average Bonchev–Trinajstić information content (AvgIpc) is 3.30. The highest BCUT2D eigenvalue weighted by Crippen LogP contribution is 2.36. The Hall–Kier alpha value is -2.60. The first-order chi connectivity index (χ1) is 15.3. The van der Waals surface area contributed by atoms with Gasteiger partial charge in [-0.25, -0.2) is 9.97 Å². The van der Waals surface area contributed by atoms with Gasteiger partial charge in [-0.15, -0.1) is 11.3 Å². The van der Waals surface area contributed by atoms with E-state index in [-0.39, 0.29) is 12.1 Å². The summed E-state index contributed by atoms with van der Waals surface area (Å²) in [6.45, 7) is 1.33. The maximum Gasteiger partial charge on any atom is 0.417 e. The largest absolute Gasteiger partial charge is 0.417 e. The predicted octanol–water partition coefficient (Wildman–Crippen LogP) is 2.85. The van der Waals surface area contributed by atoms with Crippen molar-refractivity contribution in [3.8, 4) is 11.3 Å². The van der Waals surface area contributed by atoms with Crippen LogP contribution in [0.4, 0.5) is 18.2 Å². The molecule has 0 aromatic carbocycles. The Morgan fingerprint density at radius 1 is 1.25 bits per heavy atom. The Labute approximate surface area is 187 Å². The molecule has 7 nitrogen and oxygen atoms in total. The first kappa shape index (κ1) is 22.6. The number of pyridine rings is 1. The zero-order valence-corrected chi connectivity index (χ0v) is 17.9. The second kappa shape index (κ2) is 9.49. The third kappa shape index (κ3) is 5.23. The molecule has 1 aliphatic rings. The molecule has 0 radical (unpaired) electrons. The number of rotatable bonds is 6. The lowest BCUT2D eigenvalue weighted by Crippen LogP contribution is -2.57. The molecule has 3 unspecified atom stereocenters. The molecule has 11 heteroatoms. The quantitative estimate of drug-likeness (QED) is 0.516. The third-order valence-electron chi connectivity index (χ3n) is 5.48. The summed E-state index contributed by atoms with van der Waals surface area (Å²) in [7, 11) is 0. The van der Waals surface area contributed by atoms with Crippen molar-refractivity contribution < 1.29 is 18.3 Å². The Morgan fingerprint density at radius 3 is 2.66 bits per heavy atom. The number of nitrogens with zero attached hydrogens (tertiary/aromatic N) is 4. The number of aromatic nitrogens is 3. The van der Waals surface area contributed by atoms with E-state index in [2.05, 4.69) is 20.3 Å². The second-order valence-electron chi connectivity index (χ2n) is 7.70. The minimum atomic E-state index is -4.34. The van der Waals surface area contributed by atoms with E-state index >= 15 is 0 Å². The maximum absolute atomic E-state index is 12.9. The van der Waals surface area contributed by atoms with Crippen LogP contribution >= 0.6 is 11.3 Å². The van der Waals surface area contributed by atoms with Crippen LogP contribution in [0.15, 0.2) is 48.5 Å². The normalized spacial score (nSPS) is 20.3. The number of aliphatic hydroxyl groups is 1. The lowest BCUT2D eigenvalue weighted by molar-refractivity contribution is -0.137. The molecular formula is C21H23F3N6OS. The number of hydrogen-bond donors (Lipinski definition) is 3. The summed E-state index contributed by atoms with van der Waals surface area (Å²) in [6, 6.07) is 4.46. The van der Waals surface area contributed by atoms with Crippen molar-refractivity contribution in [1.29, 1.82) is 0 Å². The Kier molecular flexibility index (Phi) is 6.70. The molecule has 0 aliphatic carbocycles. The highest BCUT2D eigenvalue weighted by atomic mass is 32.1. The molecule has 0 bridgehead atoms. The summed E-state index contributed by atoms with van der Waals surface area (Å²) in [6.07, 6.45) is 1.96. The van der Waals surface area contributed by atoms with Gasteiger partial charge in [0, 0.05) is 66.8 Å². The van der Waals surface area contributed by atoms with Gasteiger partial charge in [0.05, 0.1) is 22.4 Å². The molecule has 4 N–H and O–H groups in total. The molecule has 3 atom stereocenters. The van der Waals surface area contributed by atoms with Crippen LogP contribution in [0.1, 0.15) is 23.7 Å². The fourth-order valence-electron chi connectivity index (χ4n) is 3.66. The van der Waals surface area contributed by atoms with Gasteiger partial charge in [0.15, 0.2) is 0 Å². The molecule has 32 heavy (non-hydrogen) atoms. The van der Waals surface area contributed by atoms with E-state index in [1.165, 1.54) is 12.4 Å². The average molecular weight is 465 g/mol. The van der Waals surface area contributed by atoms with Crippen LogP contribution in [-0.4, -0.2) is 51.8 Å². The van der Waals surface area contributed by atoms with Gasteiger partial charge in [0.1, 0.15) is 6.33 Å². The zero-order valence-electron chi connectivity index (χ0n) is 17.0. The van der Waals surface area contributed by atoms with Gasteiger partial charge in [-0.05, 0) is 18.6 Å². The van der Waals surface area contributed by atoms with E-state index in [1.807, 2.05) is 4.90 Å². The number of halogens is 3. The summed E-state index contributed by atoms with van der Waals surface area (Å²) < 4.78 is 38.6. The highest BCUT2D eigenvalue weighted by Gasteiger charge is 2.33. The van der Waals surface area contributed by atoms with E-state index < -0.39 is 17.8 Å². The molecule has 4 rings (SSSR count). The van der Waals surface area contributed by atoms with Crippen molar-refractivity contribution >= 4 is 16.3 Å². The molecule has 1 fully saturated rings. The highest BCUT2D eigenvalue weighted by molar-refractivity contribution is 7.14. The number of thiophene rings is 1. The monoisotopic (exact) mass is 464 g/mol. The third-order valence-corrected chi connectivity index (χ3v) is 6.47. The summed E-state index contributed by atoms with van der Waals surface area (Å²) in [5.41, 5.74) is 7.82. The molecule has 1 aliphatic heterocycles. The fraction of sp³-hybridized carbons (Fsp3) is 0.381. The van der Waals surface area contributed by atoms with E-state index in [0.29, 0.717) is 42.3 Å². The SMILES string of the molecule is NC1CN(c2cc(C(F)(F)F)cs2)CCC1NCC(O)c1ccc(-c2cncnc2)nc1. The molecule has 0 saturated carbocycles. The first-order valence-corrected chi connectivity index (χ1v) is 11.0. The number of aliphatic hydroxyl groups excluding tert-OH is 1. The number of nitrogens with two attached hydrogens (primary N) is 1. The van der Waals surface area contributed by atoms with Gasteiger partial charge in [0.25, 0.3) is 0 Å². The van der Waals surface area contributed by atoms with Gasteiger partial charge in [-0.2, -0.15) is 13.2 Å². The molecule has 3 aromatic heterocycles. The molecular weight excluding hydrogens is 441 g/mol. The number of hydrogen-bond acceptors (Lipinski definition) is 8. The lowest BCUT2D eigenvalue weighted by atomic mass is 9.99. The van der Waals surface area contributed by atoms with Crippen LogP contribution in [0.5, 0.6) is 0 Å². The van der Waals surface area contributed by atoms with Crippen LogP contribution in [-0.2, 0) is 6.18 Å². The minimum absolute atomic E-state index is 0.0448. The van der Waals surface area contributed by atoms with Gasteiger partial charge in [0.2, 0.25) is 0 Å². The summed E-state index contributed by atoms with van der Waals surface area (Å²) in [5.74, 6) is 0. The van der Waals surface area contributed by atoms with Gasteiger partial charge in [-0.1, -0.05) is 6.07 Å². The summed E-state index contributed by atoms with van der Waals surface area (Å²) in [4.78, 5) is 14.2. The number of anilines is 1. The van der Waals surface area contributed by atoms with Crippen molar-refractivity contribution in [1.82, 2.24) is 20.3 Å². The minimum Gasteiger partial charge on any atom is -0.387 e. The smallest absolute Gasteiger partial charge is 0.387 e. The van der Waals surface area contributed by atoms with Crippen LogP contribution in [0, 0.1) is 0 Å². The second-order valence-corrected chi connectivity index (χ2v) is 8.59. The lowest BCUT2D eigenvalue weighted by Gasteiger charge is -2.38. The molecule has 4 heterocycles. The Morgan fingerprint density at radius 2 is 2.03 bits per heavy atom. The van der Waals surface area contributed by atoms with Crippen molar-refractivity contribution in [2.45, 2.75) is 30.8 Å². The summed E-state index contributed by atoms with van der Waals surface area (Å²) >= 11 is 1.08. The topological polar surface area (TPSA) is 100 Å². The van der Waals surface area contributed by atoms with E-state index in [1.54, 1.807) is 30.7 Å². The molecule has 170 valence electrons. The molecule has 0 spiro atoms. The van der Waals surface area contributed by atoms with Gasteiger partial charge >= 0.3 is 6.18 Å². The van der Waals surface area contributed by atoms with Crippen LogP contribution in [0.3, 0.4) is 0 Å². The van der Waals surface area contributed by atoms with Crippen molar-refractivity contribution in [2.24, 2.45) is 5.73 Å². The number of piperidine rings is 1. The summed E-state index contributed by atoms with van der Waals surface area (Å²) in [5, 5.41) is 15.5. The predicted molar refractivity (Wildman–Crippen MR) is 116 cm³/mol. The first-order valence-electron chi connectivity index (χ1n) is 10.1. The van der Waals surface area contributed by atoms with E-state index in [9.17, 15) is 18.3 Å². The van der Waals surface area contributed by atoms with Crippen molar-refractivity contribution in [3.05, 3.63) is 59.6 Å².